The first-order valence-electron chi connectivity index (χ1n) is 4.29. The summed E-state index contributed by atoms with van der Waals surface area (Å²) in [6, 6.07) is 6.59. The number of hydrogen-bond donors (Lipinski definition) is 1. The van der Waals surface area contributed by atoms with Crippen LogP contribution in [0.15, 0.2) is 18.2 Å². The summed E-state index contributed by atoms with van der Waals surface area (Å²) in [6.07, 6.45) is 1.05. The molecule has 3 heteroatoms. The fraction of sp³-hybridized carbons (Fsp3) is 0.400. The Hall–Kier alpha value is -0.240. The predicted octanol–water partition coefficient (Wildman–Crippen LogP) is 2.97. The molecule has 1 atom stereocenters. The van der Waals surface area contributed by atoms with E-state index in [2.05, 4.69) is 18.3 Å². The van der Waals surface area contributed by atoms with Crippen LogP contribution >= 0.6 is 24.0 Å². The molecule has 1 aliphatic heterocycles. The standard InChI is InChI=1S/C10H12ClN.ClH/c1-7-8-3-2-4-10(11)9(8)5-6-12-7;/h2-4,7,12H,5-6H2,1H3;1H. The zero-order valence-corrected chi connectivity index (χ0v) is 9.08. The monoisotopic (exact) mass is 217 g/mol. The topological polar surface area (TPSA) is 12.0 Å². The van der Waals surface area contributed by atoms with Crippen molar-refractivity contribution in [3.63, 3.8) is 0 Å². The van der Waals surface area contributed by atoms with Crippen molar-refractivity contribution < 1.29 is 0 Å². The van der Waals surface area contributed by atoms with Crippen LogP contribution in [-0.4, -0.2) is 6.54 Å². The molecule has 1 nitrogen and oxygen atoms in total. The highest BCUT2D eigenvalue weighted by Crippen LogP contribution is 2.27. The van der Waals surface area contributed by atoms with E-state index in [0.29, 0.717) is 6.04 Å². The van der Waals surface area contributed by atoms with Gasteiger partial charge in [-0.05, 0) is 37.1 Å². The molecule has 0 amide bonds. The molecule has 0 spiro atoms. The second-order valence-corrected chi connectivity index (χ2v) is 3.64. The summed E-state index contributed by atoms with van der Waals surface area (Å²) in [6.45, 7) is 3.21. The van der Waals surface area contributed by atoms with Crippen molar-refractivity contribution in [2.24, 2.45) is 0 Å². The molecular formula is C10H13Cl2N. The molecule has 0 bridgehead atoms. The number of fused-ring (bicyclic) bond motifs is 1. The number of halogens is 2. The van der Waals surface area contributed by atoms with Gasteiger partial charge in [-0.15, -0.1) is 12.4 Å². The van der Waals surface area contributed by atoms with Crippen molar-refractivity contribution in [1.29, 1.82) is 0 Å². The van der Waals surface area contributed by atoms with Gasteiger partial charge in [-0.3, -0.25) is 0 Å². The lowest BCUT2D eigenvalue weighted by molar-refractivity contribution is 0.541. The number of benzene rings is 1. The summed E-state index contributed by atoms with van der Waals surface area (Å²) < 4.78 is 0. The maximum absolute atomic E-state index is 6.08. The molecule has 1 unspecified atom stereocenters. The highest BCUT2D eigenvalue weighted by atomic mass is 35.5. The average molecular weight is 218 g/mol. The van der Waals surface area contributed by atoms with Gasteiger partial charge in [-0.25, -0.2) is 0 Å². The minimum absolute atomic E-state index is 0. The molecule has 1 aromatic carbocycles. The van der Waals surface area contributed by atoms with Gasteiger partial charge in [0.2, 0.25) is 0 Å². The maximum atomic E-state index is 6.08. The van der Waals surface area contributed by atoms with Crippen LogP contribution in [0.5, 0.6) is 0 Å². The first-order valence-corrected chi connectivity index (χ1v) is 4.67. The van der Waals surface area contributed by atoms with Gasteiger partial charge in [0.15, 0.2) is 0 Å². The van der Waals surface area contributed by atoms with Gasteiger partial charge in [0.1, 0.15) is 0 Å². The number of hydrogen-bond acceptors (Lipinski definition) is 1. The third-order valence-electron chi connectivity index (χ3n) is 2.45. The quantitative estimate of drug-likeness (QED) is 0.705. The second-order valence-electron chi connectivity index (χ2n) is 3.23. The predicted molar refractivity (Wildman–Crippen MR) is 58.8 cm³/mol. The van der Waals surface area contributed by atoms with E-state index in [0.717, 1.165) is 18.0 Å². The molecule has 1 N–H and O–H groups in total. The lowest BCUT2D eigenvalue weighted by Crippen LogP contribution is -2.27. The first-order chi connectivity index (χ1) is 5.79. The van der Waals surface area contributed by atoms with Crippen LogP contribution in [0.3, 0.4) is 0 Å². The summed E-state index contributed by atoms with van der Waals surface area (Å²) in [4.78, 5) is 0. The third kappa shape index (κ3) is 1.98. The SMILES string of the molecule is CC1NCCc2c(Cl)cccc21.Cl. The third-order valence-corrected chi connectivity index (χ3v) is 2.80. The molecule has 2 rings (SSSR count). The smallest absolute Gasteiger partial charge is 0.0441 e. The molecule has 0 saturated heterocycles. The Morgan fingerprint density at radius 2 is 2.23 bits per heavy atom. The van der Waals surface area contributed by atoms with Crippen molar-refractivity contribution in [1.82, 2.24) is 5.32 Å². The Labute approximate surface area is 89.9 Å². The minimum atomic E-state index is 0. The van der Waals surface area contributed by atoms with Crippen molar-refractivity contribution in [3.8, 4) is 0 Å². The Bertz CT molecular complexity index is 299. The molecule has 0 aromatic heterocycles. The molecule has 1 aliphatic rings. The van der Waals surface area contributed by atoms with Crippen molar-refractivity contribution >= 4 is 24.0 Å². The highest BCUT2D eigenvalue weighted by Gasteiger charge is 2.16. The van der Waals surface area contributed by atoms with E-state index in [4.69, 9.17) is 11.6 Å². The number of nitrogens with one attached hydrogen (secondary N) is 1. The van der Waals surface area contributed by atoms with Crippen molar-refractivity contribution in [3.05, 3.63) is 34.3 Å². The molecule has 0 fully saturated rings. The van der Waals surface area contributed by atoms with Gasteiger partial charge in [-0.2, -0.15) is 0 Å². The molecule has 1 aromatic rings. The van der Waals surface area contributed by atoms with E-state index >= 15 is 0 Å². The molecule has 0 saturated carbocycles. The van der Waals surface area contributed by atoms with E-state index in [1.165, 1.54) is 11.1 Å². The summed E-state index contributed by atoms with van der Waals surface area (Å²) >= 11 is 6.08. The van der Waals surface area contributed by atoms with Gasteiger partial charge < -0.3 is 5.32 Å². The maximum Gasteiger partial charge on any atom is 0.0441 e. The lowest BCUT2D eigenvalue weighted by Gasteiger charge is -2.24. The Balaban J connectivity index is 0.000000845. The Kier molecular flexibility index (Phi) is 3.60. The molecule has 0 aliphatic carbocycles. The fourth-order valence-corrected chi connectivity index (χ4v) is 2.04. The second kappa shape index (κ2) is 4.32. The van der Waals surface area contributed by atoms with E-state index < -0.39 is 0 Å². The zero-order valence-electron chi connectivity index (χ0n) is 7.51. The van der Waals surface area contributed by atoms with Crippen LogP contribution in [0.25, 0.3) is 0 Å². The lowest BCUT2D eigenvalue weighted by atomic mass is 9.95. The molecule has 1 heterocycles. The van der Waals surface area contributed by atoms with Crippen molar-refractivity contribution in [2.75, 3.05) is 6.54 Å². The first kappa shape index (κ1) is 10.8. The zero-order chi connectivity index (χ0) is 8.55. The minimum Gasteiger partial charge on any atom is -0.310 e. The normalized spacial score (nSPS) is 20.3. The van der Waals surface area contributed by atoms with Gasteiger partial charge in [-0.1, -0.05) is 23.7 Å². The Morgan fingerprint density at radius 1 is 1.46 bits per heavy atom. The summed E-state index contributed by atoms with van der Waals surface area (Å²) in [5.74, 6) is 0. The van der Waals surface area contributed by atoms with E-state index in [1.54, 1.807) is 0 Å². The average Bonchev–Trinajstić information content (AvgIpc) is 2.07. The molecular weight excluding hydrogens is 205 g/mol. The Morgan fingerprint density at radius 3 is 2.92 bits per heavy atom. The summed E-state index contributed by atoms with van der Waals surface area (Å²) in [5, 5.41) is 4.32. The van der Waals surface area contributed by atoms with Gasteiger partial charge in [0.05, 0.1) is 0 Å². The van der Waals surface area contributed by atoms with E-state index in [1.807, 2.05) is 12.1 Å². The summed E-state index contributed by atoms with van der Waals surface area (Å²) in [7, 11) is 0. The highest BCUT2D eigenvalue weighted by molar-refractivity contribution is 6.31. The van der Waals surface area contributed by atoms with Crippen LogP contribution in [0.2, 0.25) is 5.02 Å². The van der Waals surface area contributed by atoms with Crippen molar-refractivity contribution in [2.45, 2.75) is 19.4 Å². The molecule has 72 valence electrons. The van der Waals surface area contributed by atoms with Crippen LogP contribution in [-0.2, 0) is 6.42 Å². The number of rotatable bonds is 0. The largest absolute Gasteiger partial charge is 0.310 e. The van der Waals surface area contributed by atoms with Gasteiger partial charge >= 0.3 is 0 Å². The van der Waals surface area contributed by atoms with Crippen LogP contribution < -0.4 is 5.32 Å². The van der Waals surface area contributed by atoms with Gasteiger partial charge in [0.25, 0.3) is 0 Å². The van der Waals surface area contributed by atoms with Crippen LogP contribution in [0.1, 0.15) is 24.1 Å². The van der Waals surface area contributed by atoms with Crippen LogP contribution in [0, 0.1) is 0 Å². The van der Waals surface area contributed by atoms with Gasteiger partial charge in [0, 0.05) is 11.1 Å². The summed E-state index contributed by atoms with van der Waals surface area (Å²) in [5.41, 5.74) is 2.68. The van der Waals surface area contributed by atoms with Crippen LogP contribution in [0.4, 0.5) is 0 Å². The van der Waals surface area contributed by atoms with E-state index in [-0.39, 0.29) is 12.4 Å². The molecule has 13 heavy (non-hydrogen) atoms. The fourth-order valence-electron chi connectivity index (χ4n) is 1.77. The van der Waals surface area contributed by atoms with E-state index in [9.17, 15) is 0 Å². The molecule has 0 radical (unpaired) electrons.